The quantitative estimate of drug-likeness (QED) is 0.0446. The predicted molar refractivity (Wildman–Crippen MR) is 214 cm³/mol. The van der Waals surface area contributed by atoms with Crippen LogP contribution in [0, 0.1) is 6.92 Å². The average molecular weight is 1010 g/mol. The van der Waals surface area contributed by atoms with E-state index >= 15 is 0 Å². The van der Waals surface area contributed by atoms with Crippen LogP contribution in [0.1, 0.15) is 5.56 Å². The molecule has 0 amide bonds. The van der Waals surface area contributed by atoms with Crippen molar-refractivity contribution in [1.29, 1.82) is 0 Å². The first kappa shape index (κ1) is 50.4. The number of hydrogen-bond donors (Lipinski definition) is 6. The number of phenols is 1. The second-order valence-corrected chi connectivity index (χ2v) is 21.4. The van der Waals surface area contributed by atoms with E-state index < -0.39 is 150 Å². The van der Waals surface area contributed by atoms with E-state index in [1.165, 1.54) is 6.92 Å². The van der Waals surface area contributed by atoms with Crippen LogP contribution in [0.5, 0.6) is 23.0 Å². The van der Waals surface area contributed by atoms with Crippen LogP contribution in [-0.2, 0) is 69.1 Å². The van der Waals surface area contributed by atoms with Crippen LogP contribution in [0.2, 0.25) is 0 Å². The Bertz CT molecular complexity index is 3250. The second-order valence-electron chi connectivity index (χ2n) is 12.3. The van der Waals surface area contributed by atoms with E-state index in [-0.39, 0.29) is 22.7 Å². The molecule has 4 rings (SSSR count). The Hall–Kier alpha value is -5.20. The Balaban J connectivity index is 1.92. The summed E-state index contributed by atoms with van der Waals surface area (Å²) >= 11 is 0. The Morgan fingerprint density at radius 1 is 0.540 bits per heavy atom. The minimum absolute atomic E-state index is 0.0536. The van der Waals surface area contributed by atoms with Crippen LogP contribution in [0.15, 0.2) is 76.4 Å². The molecule has 0 aliphatic heterocycles. The lowest BCUT2D eigenvalue weighted by atomic mass is 10.1. The summed E-state index contributed by atoms with van der Waals surface area (Å²) < 4.78 is 207. The number of methoxy groups -OCH3 is 3. The van der Waals surface area contributed by atoms with Gasteiger partial charge in [-0.05, 0) is 36.1 Å². The number of fused-ring (bicyclic) bond motifs is 1. The van der Waals surface area contributed by atoms with Gasteiger partial charge >= 0.3 is 20.8 Å². The number of nitrogen functional groups attached to an aromatic ring is 1. The van der Waals surface area contributed by atoms with Gasteiger partial charge in [0.25, 0.3) is 20.2 Å². The van der Waals surface area contributed by atoms with Crippen molar-refractivity contribution in [3.63, 3.8) is 0 Å². The van der Waals surface area contributed by atoms with E-state index in [4.69, 9.17) is 29.0 Å². The van der Waals surface area contributed by atoms with Gasteiger partial charge in [0.1, 0.15) is 54.7 Å². The van der Waals surface area contributed by atoms with Crippen molar-refractivity contribution >= 4 is 99.9 Å². The topological polar surface area (TPSA) is 428 Å². The largest absolute Gasteiger partial charge is 0.505 e. The van der Waals surface area contributed by atoms with E-state index in [9.17, 15) is 64.7 Å². The lowest BCUT2D eigenvalue weighted by molar-refractivity contribution is 0.282. The van der Waals surface area contributed by atoms with Crippen molar-refractivity contribution in [1.82, 2.24) is 0 Å². The summed E-state index contributed by atoms with van der Waals surface area (Å²) in [6, 6.07) is 4.95. The SMILES string of the molecule is COc1cc(S(=O)(=O)CCOS(=O)(=O)O)c(OC)cc1N=Nc1c(S(=O)(=O)O)cc2cc(S(=O)(=O)O)c(N=Nc3cc(C)c(S(=O)(=O)CCOS(=O)(=O)O)cc3OC)c(O)c2c1N. The Morgan fingerprint density at radius 3 is 1.40 bits per heavy atom. The zero-order valence-electron chi connectivity index (χ0n) is 32.3. The van der Waals surface area contributed by atoms with Crippen molar-refractivity contribution in [2.75, 3.05) is 51.8 Å². The van der Waals surface area contributed by atoms with E-state index in [2.05, 4.69) is 28.8 Å². The lowest BCUT2D eigenvalue weighted by Crippen LogP contribution is -2.16. The number of azo groups is 2. The normalized spacial score (nSPS) is 13.3. The van der Waals surface area contributed by atoms with Crippen LogP contribution < -0.4 is 19.9 Å². The first-order valence-corrected chi connectivity index (χ1v) is 25.3. The van der Waals surface area contributed by atoms with Gasteiger partial charge in [-0.2, -0.15) is 33.7 Å². The maximum Gasteiger partial charge on any atom is 0.397 e. The first-order chi connectivity index (χ1) is 28.8. The molecule has 0 radical (unpaired) electrons. The maximum absolute atomic E-state index is 13.0. The monoisotopic (exact) mass is 1010 g/mol. The third-order valence-electron chi connectivity index (χ3n) is 8.17. The molecular formula is C30H33N5O22S6. The lowest BCUT2D eigenvalue weighted by Gasteiger charge is -2.15. The zero-order chi connectivity index (χ0) is 47.7. The molecule has 0 spiro atoms. The summed E-state index contributed by atoms with van der Waals surface area (Å²) in [6.07, 6.45) is 0. The number of anilines is 1. The third-order valence-corrected chi connectivity index (χ3v) is 14.3. The van der Waals surface area contributed by atoms with Crippen LogP contribution in [0.4, 0.5) is 28.4 Å². The van der Waals surface area contributed by atoms with Gasteiger partial charge in [-0.1, -0.05) is 0 Å². The molecule has 0 aromatic heterocycles. The molecular weight excluding hydrogens is 975 g/mol. The van der Waals surface area contributed by atoms with Crippen LogP contribution in [0.25, 0.3) is 10.8 Å². The molecule has 0 unspecified atom stereocenters. The maximum atomic E-state index is 13.0. The molecule has 0 saturated heterocycles. The molecule has 0 aliphatic carbocycles. The smallest absolute Gasteiger partial charge is 0.397 e. The molecule has 0 bridgehead atoms. The predicted octanol–water partition coefficient (Wildman–Crippen LogP) is 2.97. The molecule has 27 nitrogen and oxygen atoms in total. The van der Waals surface area contributed by atoms with Crippen molar-refractivity contribution in [2.45, 2.75) is 26.5 Å². The van der Waals surface area contributed by atoms with E-state index in [1.54, 1.807) is 0 Å². The number of sulfone groups is 2. The molecule has 4 aromatic rings. The minimum atomic E-state index is -5.38. The number of benzene rings is 4. The number of phenolic OH excluding ortho intramolecular Hbond substituents is 1. The fourth-order valence-electron chi connectivity index (χ4n) is 5.44. The Morgan fingerprint density at radius 2 is 0.952 bits per heavy atom. The summed E-state index contributed by atoms with van der Waals surface area (Å²) in [6.45, 7) is -0.706. The fraction of sp³-hybridized carbons (Fsp3) is 0.267. The van der Waals surface area contributed by atoms with Gasteiger partial charge in [0.2, 0.25) is 0 Å². The van der Waals surface area contributed by atoms with Crippen molar-refractivity contribution in [2.24, 2.45) is 20.5 Å². The van der Waals surface area contributed by atoms with Gasteiger partial charge < -0.3 is 25.1 Å². The number of ether oxygens (including phenoxy) is 3. The van der Waals surface area contributed by atoms with E-state index in [1.807, 2.05) is 0 Å². The summed E-state index contributed by atoms with van der Waals surface area (Å²) in [5.41, 5.74) is 2.72. The number of rotatable bonds is 19. The van der Waals surface area contributed by atoms with Gasteiger partial charge in [-0.3, -0.25) is 18.2 Å². The van der Waals surface area contributed by atoms with E-state index in [0.717, 1.165) is 45.6 Å². The summed E-state index contributed by atoms with van der Waals surface area (Å²) in [5.74, 6) is -4.28. The summed E-state index contributed by atoms with van der Waals surface area (Å²) in [7, 11) is -26.3. The molecule has 7 N–H and O–H groups in total. The van der Waals surface area contributed by atoms with Crippen molar-refractivity contribution in [3.05, 3.63) is 42.0 Å². The van der Waals surface area contributed by atoms with Gasteiger partial charge in [0.15, 0.2) is 25.4 Å². The highest BCUT2D eigenvalue weighted by atomic mass is 32.3. The molecule has 0 saturated carbocycles. The Kier molecular flexibility index (Phi) is 14.8. The highest BCUT2D eigenvalue weighted by Gasteiger charge is 2.29. The van der Waals surface area contributed by atoms with Gasteiger partial charge in [0, 0.05) is 18.2 Å². The van der Waals surface area contributed by atoms with Crippen LogP contribution in [-0.4, -0.2) is 120 Å². The summed E-state index contributed by atoms with van der Waals surface area (Å²) in [4.78, 5) is -3.36. The molecule has 0 aliphatic rings. The van der Waals surface area contributed by atoms with Gasteiger partial charge in [-0.15, -0.1) is 20.5 Å². The number of nitrogens with zero attached hydrogens (tertiary/aromatic N) is 4. The number of nitrogens with two attached hydrogens (primary N) is 1. The Labute approximate surface area is 358 Å². The zero-order valence-corrected chi connectivity index (χ0v) is 37.2. The molecule has 346 valence electrons. The molecule has 0 fully saturated rings. The van der Waals surface area contributed by atoms with Crippen molar-refractivity contribution in [3.8, 4) is 23.0 Å². The molecule has 0 atom stereocenters. The highest BCUT2D eigenvalue weighted by Crippen LogP contribution is 2.49. The highest BCUT2D eigenvalue weighted by molar-refractivity contribution is 7.92. The fourth-order valence-corrected chi connectivity index (χ4v) is 10.2. The minimum Gasteiger partial charge on any atom is -0.505 e. The van der Waals surface area contributed by atoms with Crippen molar-refractivity contribution < 1.29 is 96.4 Å². The third kappa shape index (κ3) is 12.1. The molecule has 63 heavy (non-hydrogen) atoms. The molecule has 0 heterocycles. The van der Waals surface area contributed by atoms with Gasteiger partial charge in [-0.25, -0.2) is 25.2 Å². The van der Waals surface area contributed by atoms with Crippen LogP contribution >= 0.6 is 0 Å². The second kappa shape index (κ2) is 18.5. The first-order valence-electron chi connectivity index (χ1n) is 16.4. The average Bonchev–Trinajstić information content (AvgIpc) is 3.14. The van der Waals surface area contributed by atoms with Gasteiger partial charge in [0.05, 0.1) is 62.0 Å². The van der Waals surface area contributed by atoms with Crippen LogP contribution in [0.3, 0.4) is 0 Å². The molecule has 4 aromatic carbocycles. The standard InChI is InChI=1S/C30H33N5O22S6/c1-15-9-17(19(53-2)13-22(15)58(37,38)7-5-56-62(47,48)49)32-35-29-25(61(44,45)46)11-16-10-24(60(41,42)43)28(27(31)26(16)30(29)36)34-33-18-12-21(55-4)23(14-20(18)54-3)59(39,40)8-6-57-63(50,51)52/h9-14,36H,5-8,31H2,1-4H3,(H,41,42,43)(H,44,45,46)(H,47,48,49)(H,50,51,52). The van der Waals surface area contributed by atoms with E-state index in [0.29, 0.717) is 12.1 Å². The number of aryl methyl sites for hydroxylation is 1. The number of aromatic hydroxyl groups is 1. The molecule has 33 heteroatoms. The number of hydrogen-bond acceptors (Lipinski definition) is 23. The summed E-state index contributed by atoms with van der Waals surface area (Å²) in [5, 5.41) is 25.5.